The van der Waals surface area contributed by atoms with Crippen molar-refractivity contribution in [2.75, 3.05) is 27.2 Å². The number of hydrogen-bond donors (Lipinski definition) is 1. The van der Waals surface area contributed by atoms with Gasteiger partial charge in [-0.3, -0.25) is 4.79 Å². The predicted molar refractivity (Wildman–Crippen MR) is 116 cm³/mol. The fourth-order valence-corrected chi connectivity index (χ4v) is 3.69. The fraction of sp³-hybridized carbons (Fsp3) is 0.364. The molecule has 0 bridgehead atoms. The van der Waals surface area contributed by atoms with Gasteiger partial charge in [0.15, 0.2) is 0 Å². The van der Waals surface area contributed by atoms with Crippen LogP contribution in [0.3, 0.4) is 0 Å². The summed E-state index contributed by atoms with van der Waals surface area (Å²) in [5, 5.41) is 0.549. The zero-order valence-electron chi connectivity index (χ0n) is 17.6. The summed E-state index contributed by atoms with van der Waals surface area (Å²) in [6.45, 7) is 4.93. The smallest absolute Gasteiger partial charge is 0.340 e. The summed E-state index contributed by atoms with van der Waals surface area (Å²) in [7, 11) is 3.89. The highest BCUT2D eigenvalue weighted by molar-refractivity contribution is 6.30. The average molecular weight is 432 g/mol. The molecule has 0 amide bonds. The van der Waals surface area contributed by atoms with Crippen LogP contribution in [-0.2, 0) is 16.1 Å². The van der Waals surface area contributed by atoms with E-state index in [1.54, 1.807) is 41.8 Å². The molecule has 1 atom stereocenters. The Bertz CT molecular complexity index is 1040. The number of fused-ring (bicyclic) bond motifs is 1. The molecule has 1 aliphatic heterocycles. The zero-order valence-corrected chi connectivity index (χ0v) is 18.3. The van der Waals surface area contributed by atoms with Gasteiger partial charge in [0.25, 0.3) is 5.56 Å². The van der Waals surface area contributed by atoms with Crippen molar-refractivity contribution < 1.29 is 14.3 Å². The minimum Gasteiger partial charge on any atom is -0.462 e. The van der Waals surface area contributed by atoms with Gasteiger partial charge in [-0.2, -0.15) is 0 Å². The highest BCUT2D eigenvalue weighted by atomic mass is 35.5. The van der Waals surface area contributed by atoms with Gasteiger partial charge in [-0.25, -0.2) is 4.79 Å². The molecule has 1 unspecified atom stereocenters. The van der Waals surface area contributed by atoms with E-state index in [4.69, 9.17) is 26.8 Å². The monoisotopic (exact) mass is 431 g/mol. The van der Waals surface area contributed by atoms with Gasteiger partial charge in [0.2, 0.25) is 5.88 Å². The van der Waals surface area contributed by atoms with E-state index in [1.807, 2.05) is 25.9 Å². The van der Waals surface area contributed by atoms with Gasteiger partial charge in [-0.1, -0.05) is 23.7 Å². The van der Waals surface area contributed by atoms with Crippen molar-refractivity contribution in [3.8, 4) is 5.75 Å². The molecular weight excluding hydrogens is 406 g/mol. The van der Waals surface area contributed by atoms with Gasteiger partial charge in [-0.15, -0.1) is 0 Å². The highest BCUT2D eigenvalue weighted by Crippen LogP contribution is 2.41. The Kier molecular flexibility index (Phi) is 6.53. The first-order chi connectivity index (χ1) is 14.2. The number of carbonyl (C=O) groups is 1. The number of nitrogens with two attached hydrogens (primary N) is 1. The molecule has 0 saturated heterocycles. The molecule has 2 aromatic rings. The van der Waals surface area contributed by atoms with Crippen LogP contribution in [0, 0.1) is 6.92 Å². The summed E-state index contributed by atoms with van der Waals surface area (Å²) in [6, 6.07) is 8.76. The Balaban J connectivity index is 2.24. The molecule has 1 aliphatic rings. The summed E-state index contributed by atoms with van der Waals surface area (Å²) in [4.78, 5) is 28.3. The lowest BCUT2D eigenvalue weighted by Crippen LogP contribution is -2.36. The molecule has 7 nitrogen and oxygen atoms in total. The molecule has 0 fully saturated rings. The van der Waals surface area contributed by atoms with E-state index < -0.39 is 11.9 Å². The second-order valence-electron chi connectivity index (χ2n) is 7.41. The van der Waals surface area contributed by atoms with Crippen LogP contribution in [0.5, 0.6) is 5.75 Å². The van der Waals surface area contributed by atoms with Crippen LogP contribution in [0.15, 0.2) is 46.6 Å². The number of benzene rings is 1. The Morgan fingerprint density at radius 2 is 1.97 bits per heavy atom. The van der Waals surface area contributed by atoms with Crippen molar-refractivity contribution in [2.45, 2.75) is 26.3 Å². The standard InChI is InChI=1S/C22H26ClN3O4/c1-5-29-22(28)19-17(14-6-8-15(23)9-7-14)18-16(30-20(19)24)12-13(2)26(21(18)27)11-10-25(3)4/h6-9,12,17H,5,10-11,24H2,1-4H3. The lowest BCUT2D eigenvalue weighted by atomic mass is 9.83. The summed E-state index contributed by atoms with van der Waals surface area (Å²) in [5.74, 6) is -1.04. The van der Waals surface area contributed by atoms with Crippen LogP contribution in [0.1, 0.15) is 29.7 Å². The van der Waals surface area contributed by atoms with Gasteiger partial charge in [0.1, 0.15) is 11.3 Å². The number of hydrogen-bond acceptors (Lipinski definition) is 6. The van der Waals surface area contributed by atoms with E-state index in [1.165, 1.54) is 0 Å². The van der Waals surface area contributed by atoms with Gasteiger partial charge in [-0.05, 0) is 45.6 Å². The molecule has 0 radical (unpaired) electrons. The van der Waals surface area contributed by atoms with Gasteiger partial charge in [0, 0.05) is 29.9 Å². The number of likely N-dealkylation sites (N-methyl/N-ethyl adjacent to an activating group) is 1. The Morgan fingerprint density at radius 1 is 1.30 bits per heavy atom. The maximum atomic E-state index is 13.6. The molecule has 8 heteroatoms. The molecule has 0 saturated carbocycles. The van der Waals surface area contributed by atoms with Gasteiger partial charge in [0.05, 0.1) is 18.1 Å². The summed E-state index contributed by atoms with van der Waals surface area (Å²) in [5.41, 5.74) is 7.85. The third-order valence-electron chi connectivity index (χ3n) is 5.04. The Labute approximate surface area is 180 Å². The quantitative estimate of drug-likeness (QED) is 0.707. The number of esters is 1. The minimum atomic E-state index is -0.719. The average Bonchev–Trinajstić information content (AvgIpc) is 2.67. The van der Waals surface area contributed by atoms with Crippen molar-refractivity contribution in [1.29, 1.82) is 0 Å². The minimum absolute atomic E-state index is 0.0641. The van der Waals surface area contributed by atoms with Crippen molar-refractivity contribution in [3.63, 3.8) is 0 Å². The largest absolute Gasteiger partial charge is 0.462 e. The normalized spacial score (nSPS) is 15.7. The maximum Gasteiger partial charge on any atom is 0.340 e. The number of nitrogens with zero attached hydrogens (tertiary/aromatic N) is 2. The molecular formula is C22H26ClN3O4. The number of carbonyl (C=O) groups excluding carboxylic acids is 1. The Hall–Kier alpha value is -2.77. The third-order valence-corrected chi connectivity index (χ3v) is 5.29. The number of halogens is 1. The van der Waals surface area contributed by atoms with E-state index in [9.17, 15) is 9.59 Å². The van der Waals surface area contributed by atoms with E-state index in [-0.39, 0.29) is 23.6 Å². The van der Waals surface area contributed by atoms with Crippen LogP contribution in [0.2, 0.25) is 5.02 Å². The molecule has 30 heavy (non-hydrogen) atoms. The first kappa shape index (κ1) is 21.9. The number of pyridine rings is 1. The van der Waals surface area contributed by atoms with Crippen LogP contribution in [-0.4, -0.2) is 42.7 Å². The molecule has 3 rings (SSSR count). The summed E-state index contributed by atoms with van der Waals surface area (Å²) in [6.07, 6.45) is 0. The number of aryl methyl sites for hydroxylation is 1. The maximum absolute atomic E-state index is 13.6. The van der Waals surface area contributed by atoms with Gasteiger partial charge >= 0.3 is 5.97 Å². The SMILES string of the molecule is CCOC(=O)C1=C(N)Oc2cc(C)n(CCN(C)C)c(=O)c2C1c1ccc(Cl)cc1. The van der Waals surface area contributed by atoms with E-state index in [0.717, 1.165) is 5.69 Å². The van der Waals surface area contributed by atoms with E-state index >= 15 is 0 Å². The number of ether oxygens (including phenoxy) is 2. The lowest BCUT2D eigenvalue weighted by Gasteiger charge is -2.29. The topological polar surface area (TPSA) is 86.8 Å². The van der Waals surface area contributed by atoms with Crippen molar-refractivity contribution in [3.05, 3.63) is 74.0 Å². The van der Waals surface area contributed by atoms with Crippen molar-refractivity contribution in [2.24, 2.45) is 5.73 Å². The molecule has 2 heterocycles. The van der Waals surface area contributed by atoms with E-state index in [2.05, 4.69) is 0 Å². The third kappa shape index (κ3) is 4.22. The molecule has 0 aliphatic carbocycles. The summed E-state index contributed by atoms with van der Waals surface area (Å²) < 4.78 is 12.6. The second-order valence-corrected chi connectivity index (χ2v) is 7.85. The van der Waals surface area contributed by atoms with Crippen molar-refractivity contribution >= 4 is 17.6 Å². The van der Waals surface area contributed by atoms with Crippen LogP contribution >= 0.6 is 11.6 Å². The first-order valence-corrected chi connectivity index (χ1v) is 10.1. The van der Waals surface area contributed by atoms with Crippen molar-refractivity contribution in [1.82, 2.24) is 9.47 Å². The second kappa shape index (κ2) is 8.93. The molecule has 0 spiro atoms. The fourth-order valence-electron chi connectivity index (χ4n) is 3.56. The number of aromatic nitrogens is 1. The summed E-state index contributed by atoms with van der Waals surface area (Å²) >= 11 is 6.05. The van der Waals surface area contributed by atoms with Crippen LogP contribution in [0.4, 0.5) is 0 Å². The lowest BCUT2D eigenvalue weighted by molar-refractivity contribution is -0.139. The number of rotatable bonds is 6. The van der Waals surface area contributed by atoms with E-state index in [0.29, 0.717) is 35.0 Å². The Morgan fingerprint density at radius 3 is 2.57 bits per heavy atom. The molecule has 2 N–H and O–H groups in total. The molecule has 1 aromatic heterocycles. The van der Waals surface area contributed by atoms with Crippen LogP contribution in [0.25, 0.3) is 0 Å². The highest BCUT2D eigenvalue weighted by Gasteiger charge is 2.38. The zero-order chi connectivity index (χ0) is 22.0. The molecule has 160 valence electrons. The predicted octanol–water partition coefficient (Wildman–Crippen LogP) is 2.63. The van der Waals surface area contributed by atoms with Gasteiger partial charge < -0.3 is 24.7 Å². The first-order valence-electron chi connectivity index (χ1n) is 9.73. The van der Waals surface area contributed by atoms with Crippen LogP contribution < -0.4 is 16.0 Å². The molecule has 1 aromatic carbocycles.